The molecule has 0 fully saturated rings. The number of anilines is 1. The number of amides is 1. The molecule has 1 N–H and O–H groups in total. The van der Waals surface area contributed by atoms with Crippen LogP contribution < -0.4 is 10.1 Å². The minimum Gasteiger partial charge on any atom is -0.470 e. The predicted octanol–water partition coefficient (Wildman–Crippen LogP) is 3.55. The van der Waals surface area contributed by atoms with Crippen molar-refractivity contribution in [2.24, 2.45) is 0 Å². The van der Waals surface area contributed by atoms with Crippen LogP contribution in [-0.4, -0.2) is 29.1 Å². The Kier molecular flexibility index (Phi) is 5.26. The van der Waals surface area contributed by atoms with E-state index in [2.05, 4.69) is 16.9 Å². The topological polar surface area (TPSA) is 85.4 Å². The van der Waals surface area contributed by atoms with Crippen molar-refractivity contribution in [2.75, 3.05) is 11.9 Å². The second-order valence-electron chi connectivity index (χ2n) is 5.92. The van der Waals surface area contributed by atoms with Crippen molar-refractivity contribution >= 4 is 34.8 Å². The zero-order valence-corrected chi connectivity index (χ0v) is 14.8. The molecule has 0 radical (unpaired) electrons. The zero-order chi connectivity index (χ0) is 19.4. The summed E-state index contributed by atoms with van der Waals surface area (Å²) >= 11 is 0. The Bertz CT molecular complexity index is 965. The van der Waals surface area contributed by atoms with Gasteiger partial charge in [0.2, 0.25) is 5.88 Å². The van der Waals surface area contributed by atoms with Crippen LogP contribution in [0.1, 0.15) is 36.3 Å². The van der Waals surface area contributed by atoms with Crippen molar-refractivity contribution in [3.05, 3.63) is 65.9 Å². The molecular formula is C21H20N2O4. The summed E-state index contributed by atoms with van der Waals surface area (Å²) in [6.45, 7) is 5.45. The number of ether oxygens (including phenoxy) is 1. The van der Waals surface area contributed by atoms with Gasteiger partial charge in [-0.15, -0.1) is 0 Å². The van der Waals surface area contributed by atoms with Crippen LogP contribution in [0, 0.1) is 0 Å². The molecule has 0 bridgehead atoms. The number of allylic oxidation sites excluding steroid dienone is 1. The van der Waals surface area contributed by atoms with Gasteiger partial charge in [-0.25, -0.2) is 4.98 Å². The molecule has 1 aliphatic rings. The first kappa shape index (κ1) is 18.3. The van der Waals surface area contributed by atoms with Gasteiger partial charge in [0.15, 0.2) is 11.6 Å². The van der Waals surface area contributed by atoms with Gasteiger partial charge in [-0.3, -0.25) is 14.4 Å². The Morgan fingerprint density at radius 2 is 2.11 bits per heavy atom. The molecule has 6 nitrogen and oxygen atoms in total. The number of aromatic nitrogens is 1. The van der Waals surface area contributed by atoms with Gasteiger partial charge in [-0.1, -0.05) is 31.7 Å². The molecule has 0 spiro atoms. The molecule has 0 saturated carbocycles. The molecule has 3 rings (SSSR count). The fraction of sp³-hybridized carbons (Fsp3) is 0.143. The Morgan fingerprint density at radius 3 is 2.78 bits per heavy atom. The average molecular weight is 364 g/mol. The first-order chi connectivity index (χ1) is 13.0. The van der Waals surface area contributed by atoms with E-state index >= 15 is 0 Å². The smallest absolute Gasteiger partial charge is 0.256 e. The third-order valence-corrected chi connectivity index (χ3v) is 4.15. The maximum absolute atomic E-state index is 12.6. The van der Waals surface area contributed by atoms with E-state index in [1.165, 1.54) is 18.3 Å². The van der Waals surface area contributed by atoms with Gasteiger partial charge >= 0.3 is 0 Å². The van der Waals surface area contributed by atoms with Crippen molar-refractivity contribution in [2.45, 2.75) is 13.3 Å². The first-order valence-corrected chi connectivity index (χ1v) is 8.47. The van der Waals surface area contributed by atoms with E-state index in [1.54, 1.807) is 25.1 Å². The summed E-state index contributed by atoms with van der Waals surface area (Å²) in [6.07, 6.45) is 4.69. The molecule has 0 saturated heterocycles. The van der Waals surface area contributed by atoms with Gasteiger partial charge in [-0.05, 0) is 23.8 Å². The Labute approximate surface area is 158 Å². The lowest BCUT2D eigenvalue weighted by Gasteiger charge is -2.05. The van der Waals surface area contributed by atoms with Crippen molar-refractivity contribution in [3.63, 3.8) is 0 Å². The van der Waals surface area contributed by atoms with Crippen molar-refractivity contribution in [1.29, 1.82) is 0 Å². The molecule has 1 aliphatic heterocycles. The number of rotatable bonds is 7. The highest BCUT2D eigenvalue weighted by Gasteiger charge is 2.27. The highest BCUT2D eigenvalue weighted by molar-refractivity contribution is 6.35. The number of Topliss-reactive ketones (excluding diaryl/α,β-unsaturated/α-hetero) is 1. The molecule has 2 heterocycles. The number of pyridine rings is 1. The summed E-state index contributed by atoms with van der Waals surface area (Å²) in [4.78, 5) is 40.1. The quantitative estimate of drug-likeness (QED) is 0.600. The number of hydrogen-bond acceptors (Lipinski definition) is 5. The van der Waals surface area contributed by atoms with Crippen LogP contribution in [0.3, 0.4) is 0 Å². The lowest BCUT2D eigenvalue weighted by molar-refractivity contribution is -0.120. The summed E-state index contributed by atoms with van der Waals surface area (Å²) < 4.78 is 5.26. The standard InChI is InChI=1S/C21H18N2O4.H2/c1-3-13-6-5-7-17-20(13)16(21(26)23-17)10-18(25)14-8-9-19(22-11-14)27-12-15(24)4-2;/h3,5-11H,1,4,12H2,2H3,(H,23,26);1H/b16-10+;. The minimum absolute atomic E-state index is 0. The predicted molar refractivity (Wildman–Crippen MR) is 105 cm³/mol. The lowest BCUT2D eigenvalue weighted by Crippen LogP contribution is -2.10. The number of nitrogens with one attached hydrogen (secondary N) is 1. The van der Waals surface area contributed by atoms with Crippen molar-refractivity contribution in [3.8, 4) is 5.88 Å². The van der Waals surface area contributed by atoms with Gasteiger partial charge in [0.25, 0.3) is 5.91 Å². The Balaban J connectivity index is 0.00000280. The van der Waals surface area contributed by atoms with Crippen LogP contribution in [0.15, 0.2) is 49.2 Å². The minimum atomic E-state index is -0.351. The van der Waals surface area contributed by atoms with Gasteiger partial charge in [0, 0.05) is 36.9 Å². The number of benzene rings is 1. The fourth-order valence-corrected chi connectivity index (χ4v) is 2.67. The number of carbonyl (C=O) groups is 3. The summed E-state index contributed by atoms with van der Waals surface area (Å²) in [5.74, 6) is -0.460. The highest BCUT2D eigenvalue weighted by atomic mass is 16.5. The van der Waals surface area contributed by atoms with Gasteiger partial charge in [-0.2, -0.15) is 0 Å². The Hall–Kier alpha value is -3.54. The molecule has 0 aliphatic carbocycles. The maximum atomic E-state index is 12.6. The van der Waals surface area contributed by atoms with E-state index in [1.807, 2.05) is 12.1 Å². The van der Waals surface area contributed by atoms with Crippen LogP contribution in [0.2, 0.25) is 0 Å². The third-order valence-electron chi connectivity index (χ3n) is 4.15. The maximum Gasteiger partial charge on any atom is 0.256 e. The number of nitrogens with zero attached hydrogens (tertiary/aromatic N) is 1. The zero-order valence-electron chi connectivity index (χ0n) is 14.8. The normalized spacial score (nSPS) is 13.8. The number of fused-ring (bicyclic) bond motifs is 1. The van der Waals surface area contributed by atoms with E-state index in [0.717, 1.165) is 5.56 Å². The Morgan fingerprint density at radius 1 is 1.30 bits per heavy atom. The van der Waals surface area contributed by atoms with Crippen LogP contribution in [-0.2, 0) is 9.59 Å². The van der Waals surface area contributed by atoms with Gasteiger partial charge in [0.1, 0.15) is 6.61 Å². The summed E-state index contributed by atoms with van der Waals surface area (Å²) in [6, 6.07) is 8.48. The lowest BCUT2D eigenvalue weighted by atomic mass is 9.98. The van der Waals surface area contributed by atoms with E-state index in [-0.39, 0.29) is 31.4 Å². The second kappa shape index (κ2) is 7.78. The number of hydrogen-bond donors (Lipinski definition) is 1. The van der Waals surface area contributed by atoms with E-state index in [0.29, 0.717) is 28.8 Å². The van der Waals surface area contributed by atoms with Gasteiger partial charge in [0.05, 0.1) is 5.57 Å². The molecule has 6 heteroatoms. The SMILES string of the molecule is C=Cc1cccc2c1/C(=C\C(=O)c1ccc(OCC(=O)CC)nc1)C(=O)N2.[HH]. The first-order valence-electron chi connectivity index (χ1n) is 8.47. The van der Waals surface area contributed by atoms with Crippen molar-refractivity contribution in [1.82, 2.24) is 4.98 Å². The number of carbonyl (C=O) groups excluding carboxylic acids is 3. The second-order valence-corrected chi connectivity index (χ2v) is 5.92. The molecule has 1 aromatic heterocycles. The van der Waals surface area contributed by atoms with Gasteiger partial charge < -0.3 is 10.1 Å². The molecule has 1 amide bonds. The molecule has 2 aromatic rings. The average Bonchev–Trinajstić information content (AvgIpc) is 3.01. The largest absolute Gasteiger partial charge is 0.470 e. The molecule has 27 heavy (non-hydrogen) atoms. The van der Waals surface area contributed by atoms with Crippen LogP contribution in [0.25, 0.3) is 11.6 Å². The molecule has 0 unspecified atom stereocenters. The monoisotopic (exact) mass is 364 g/mol. The van der Waals surface area contributed by atoms with Crippen LogP contribution >= 0.6 is 0 Å². The molecular weight excluding hydrogens is 344 g/mol. The van der Waals surface area contributed by atoms with E-state index < -0.39 is 0 Å². The summed E-state index contributed by atoms with van der Waals surface area (Å²) in [7, 11) is 0. The highest BCUT2D eigenvalue weighted by Crippen LogP contribution is 2.35. The molecule has 138 valence electrons. The van der Waals surface area contributed by atoms with E-state index in [9.17, 15) is 14.4 Å². The fourth-order valence-electron chi connectivity index (χ4n) is 2.67. The third kappa shape index (κ3) is 3.84. The summed E-state index contributed by atoms with van der Waals surface area (Å²) in [5.41, 5.74) is 2.69. The van der Waals surface area contributed by atoms with Crippen LogP contribution in [0.4, 0.5) is 5.69 Å². The van der Waals surface area contributed by atoms with E-state index in [4.69, 9.17) is 4.74 Å². The van der Waals surface area contributed by atoms with Crippen LogP contribution in [0.5, 0.6) is 5.88 Å². The number of ketones is 2. The summed E-state index contributed by atoms with van der Waals surface area (Å²) in [5, 5.41) is 2.75. The molecule has 1 aromatic carbocycles. The van der Waals surface area contributed by atoms with Crippen molar-refractivity contribution < 1.29 is 20.5 Å². The molecule has 0 atom stereocenters.